The molecule has 9 nitrogen and oxygen atoms in total. The summed E-state index contributed by atoms with van der Waals surface area (Å²) >= 11 is 0. The van der Waals surface area contributed by atoms with Crippen molar-refractivity contribution in [2.75, 3.05) is 0 Å². The lowest BCUT2D eigenvalue weighted by Gasteiger charge is -1.93. The van der Waals surface area contributed by atoms with Crippen LogP contribution in [0.2, 0.25) is 0 Å². The summed E-state index contributed by atoms with van der Waals surface area (Å²) in [6.07, 6.45) is 0. The molecule has 112 valence electrons. The number of nitrogens with one attached hydrogen (secondary N) is 1. The standard InChI is InChI=1S/C13H10N4O5/c1-7(18)21-6-11-15-13(22-16-11)9-5-8-3-2-4-10(17(19)20)12(8)14-9/h2-5,14H,6H2,1H3. The molecule has 3 aromatic rings. The van der Waals surface area contributed by atoms with E-state index in [2.05, 4.69) is 15.1 Å². The average Bonchev–Trinajstić information content (AvgIpc) is 3.10. The molecule has 0 fully saturated rings. The fraction of sp³-hybridized carbons (Fsp3) is 0.154. The highest BCUT2D eigenvalue weighted by Gasteiger charge is 2.17. The third-order valence-corrected chi connectivity index (χ3v) is 2.93. The Morgan fingerprint density at radius 3 is 3.05 bits per heavy atom. The third-order valence-electron chi connectivity index (χ3n) is 2.93. The van der Waals surface area contributed by atoms with E-state index in [1.807, 2.05) is 0 Å². The molecule has 22 heavy (non-hydrogen) atoms. The molecule has 2 aromatic heterocycles. The monoisotopic (exact) mass is 302 g/mol. The van der Waals surface area contributed by atoms with Gasteiger partial charge >= 0.3 is 5.97 Å². The van der Waals surface area contributed by atoms with Gasteiger partial charge in [-0.15, -0.1) is 0 Å². The number of carbonyl (C=O) groups excluding carboxylic acids is 1. The van der Waals surface area contributed by atoms with Crippen molar-refractivity contribution in [2.45, 2.75) is 13.5 Å². The van der Waals surface area contributed by atoms with E-state index in [4.69, 9.17) is 9.26 Å². The molecule has 0 saturated carbocycles. The molecule has 0 aliphatic rings. The van der Waals surface area contributed by atoms with Crippen LogP contribution in [0, 0.1) is 10.1 Å². The molecule has 2 heterocycles. The van der Waals surface area contributed by atoms with E-state index < -0.39 is 10.9 Å². The molecule has 0 atom stereocenters. The van der Waals surface area contributed by atoms with Gasteiger partial charge in [0.05, 0.1) is 4.92 Å². The number of fused-ring (bicyclic) bond motifs is 1. The zero-order chi connectivity index (χ0) is 15.7. The molecule has 0 radical (unpaired) electrons. The number of esters is 1. The second kappa shape index (κ2) is 5.28. The van der Waals surface area contributed by atoms with Gasteiger partial charge in [0.2, 0.25) is 5.82 Å². The van der Waals surface area contributed by atoms with Crippen LogP contribution in [0.1, 0.15) is 12.7 Å². The predicted octanol–water partition coefficient (Wildman–Crippen LogP) is 2.19. The minimum Gasteiger partial charge on any atom is -0.457 e. The zero-order valence-electron chi connectivity index (χ0n) is 11.4. The first-order valence-corrected chi connectivity index (χ1v) is 6.27. The number of para-hydroxylation sites is 1. The summed E-state index contributed by atoms with van der Waals surface area (Å²) in [7, 11) is 0. The lowest BCUT2D eigenvalue weighted by atomic mass is 10.2. The van der Waals surface area contributed by atoms with Crippen LogP contribution in [0.3, 0.4) is 0 Å². The fourth-order valence-electron chi connectivity index (χ4n) is 2.00. The van der Waals surface area contributed by atoms with E-state index in [1.165, 1.54) is 13.0 Å². The van der Waals surface area contributed by atoms with E-state index >= 15 is 0 Å². The van der Waals surface area contributed by atoms with Gasteiger partial charge in [-0.3, -0.25) is 14.9 Å². The smallest absolute Gasteiger partial charge is 0.303 e. The molecule has 1 aromatic carbocycles. The van der Waals surface area contributed by atoms with Crippen LogP contribution in [0.15, 0.2) is 28.8 Å². The van der Waals surface area contributed by atoms with Crippen LogP contribution in [0.5, 0.6) is 0 Å². The fourth-order valence-corrected chi connectivity index (χ4v) is 2.00. The molecule has 0 bridgehead atoms. The zero-order valence-corrected chi connectivity index (χ0v) is 11.4. The van der Waals surface area contributed by atoms with Gasteiger partial charge in [0.1, 0.15) is 11.2 Å². The Morgan fingerprint density at radius 1 is 1.50 bits per heavy atom. The number of aromatic nitrogens is 3. The number of hydrogen-bond donors (Lipinski definition) is 1. The maximum absolute atomic E-state index is 11.0. The molecule has 0 unspecified atom stereocenters. The van der Waals surface area contributed by atoms with E-state index in [1.54, 1.807) is 18.2 Å². The third kappa shape index (κ3) is 2.51. The van der Waals surface area contributed by atoms with Crippen molar-refractivity contribution in [1.82, 2.24) is 15.1 Å². The largest absolute Gasteiger partial charge is 0.457 e. The first-order valence-electron chi connectivity index (χ1n) is 6.27. The summed E-state index contributed by atoms with van der Waals surface area (Å²) in [5.74, 6) is -0.0846. The summed E-state index contributed by atoms with van der Waals surface area (Å²) in [6.45, 7) is 1.18. The molecule has 0 spiro atoms. The first kappa shape index (κ1) is 13.7. The maximum atomic E-state index is 11.0. The van der Waals surface area contributed by atoms with Gasteiger partial charge in [0.15, 0.2) is 6.61 Å². The van der Waals surface area contributed by atoms with Gasteiger partial charge in [-0.1, -0.05) is 17.3 Å². The van der Waals surface area contributed by atoms with Crippen LogP contribution >= 0.6 is 0 Å². The highest BCUT2D eigenvalue weighted by molar-refractivity contribution is 5.91. The minimum atomic E-state index is -0.470. The summed E-state index contributed by atoms with van der Waals surface area (Å²) in [5.41, 5.74) is 0.788. The Balaban J connectivity index is 1.95. The second-order valence-electron chi connectivity index (χ2n) is 4.48. The summed E-state index contributed by atoms with van der Waals surface area (Å²) in [5, 5.41) is 15.3. The van der Waals surface area contributed by atoms with Gasteiger partial charge in [-0.05, 0) is 6.07 Å². The molecule has 0 aliphatic carbocycles. The Labute approximate surface area is 123 Å². The Kier molecular flexibility index (Phi) is 3.30. The van der Waals surface area contributed by atoms with E-state index in [-0.39, 0.29) is 24.0 Å². The molecule has 3 rings (SSSR count). The molecule has 0 amide bonds. The maximum Gasteiger partial charge on any atom is 0.303 e. The minimum absolute atomic E-state index is 0.0385. The Hall–Kier alpha value is -3.23. The SMILES string of the molecule is CC(=O)OCc1noc(-c2cc3cccc([N+](=O)[O-])c3[nH]2)n1. The number of non-ortho nitro benzene ring substituents is 1. The highest BCUT2D eigenvalue weighted by atomic mass is 16.6. The summed E-state index contributed by atoms with van der Waals surface area (Å²) in [4.78, 5) is 28.2. The lowest BCUT2D eigenvalue weighted by molar-refractivity contribution is -0.383. The van der Waals surface area contributed by atoms with E-state index in [9.17, 15) is 14.9 Å². The number of rotatable bonds is 4. The van der Waals surface area contributed by atoms with Crippen molar-refractivity contribution in [3.8, 4) is 11.6 Å². The number of nitrogens with zero attached hydrogens (tertiary/aromatic N) is 3. The van der Waals surface area contributed by atoms with Crippen molar-refractivity contribution in [3.05, 3.63) is 40.2 Å². The number of carbonyl (C=O) groups is 1. The van der Waals surface area contributed by atoms with Crippen LogP contribution in [0.25, 0.3) is 22.5 Å². The van der Waals surface area contributed by atoms with Crippen LogP contribution in [-0.2, 0) is 16.1 Å². The normalized spacial score (nSPS) is 10.8. The number of H-pyrrole nitrogens is 1. The quantitative estimate of drug-likeness (QED) is 0.445. The van der Waals surface area contributed by atoms with Gasteiger partial charge in [-0.2, -0.15) is 4.98 Å². The van der Waals surface area contributed by atoms with Crippen molar-refractivity contribution in [1.29, 1.82) is 0 Å². The van der Waals surface area contributed by atoms with Crippen molar-refractivity contribution in [3.63, 3.8) is 0 Å². The van der Waals surface area contributed by atoms with Crippen LogP contribution in [0.4, 0.5) is 5.69 Å². The van der Waals surface area contributed by atoms with Gasteiger partial charge < -0.3 is 14.2 Å². The van der Waals surface area contributed by atoms with Gasteiger partial charge in [0.25, 0.3) is 11.6 Å². The number of nitro groups is 1. The predicted molar refractivity (Wildman–Crippen MR) is 73.7 cm³/mol. The molecule has 0 aliphatic heterocycles. The Morgan fingerprint density at radius 2 is 2.32 bits per heavy atom. The van der Waals surface area contributed by atoms with Crippen molar-refractivity contribution in [2.24, 2.45) is 0 Å². The first-order chi connectivity index (χ1) is 10.5. The molecular weight excluding hydrogens is 292 g/mol. The topological polar surface area (TPSA) is 124 Å². The molecule has 9 heteroatoms. The van der Waals surface area contributed by atoms with Crippen LogP contribution < -0.4 is 0 Å². The second-order valence-corrected chi connectivity index (χ2v) is 4.48. The lowest BCUT2D eigenvalue weighted by Crippen LogP contribution is -2.00. The number of aromatic amines is 1. The number of ether oxygens (including phenoxy) is 1. The van der Waals surface area contributed by atoms with E-state index in [0.717, 1.165) is 0 Å². The van der Waals surface area contributed by atoms with Gasteiger partial charge in [-0.25, -0.2) is 0 Å². The molecule has 0 saturated heterocycles. The van der Waals surface area contributed by atoms with Gasteiger partial charge in [0, 0.05) is 18.4 Å². The summed E-state index contributed by atoms with van der Waals surface area (Å²) < 4.78 is 9.82. The summed E-state index contributed by atoms with van der Waals surface area (Å²) in [6, 6.07) is 6.41. The number of benzene rings is 1. The highest BCUT2D eigenvalue weighted by Crippen LogP contribution is 2.29. The molecule has 1 N–H and O–H groups in total. The van der Waals surface area contributed by atoms with Crippen LogP contribution in [-0.4, -0.2) is 26.0 Å². The average molecular weight is 302 g/mol. The molecular formula is C13H10N4O5. The van der Waals surface area contributed by atoms with Crippen molar-refractivity contribution >= 4 is 22.6 Å². The Bertz CT molecular complexity index is 866. The van der Waals surface area contributed by atoms with Crippen molar-refractivity contribution < 1.29 is 19.0 Å². The number of hydrogen-bond acceptors (Lipinski definition) is 7. The van der Waals surface area contributed by atoms with E-state index in [0.29, 0.717) is 16.6 Å². The number of nitro benzene ring substituents is 1.